The molecule has 3 atom stereocenters. The summed E-state index contributed by atoms with van der Waals surface area (Å²) in [4.78, 5) is 17.0. The van der Waals surface area contributed by atoms with E-state index in [9.17, 15) is 9.90 Å². The van der Waals surface area contributed by atoms with Crippen LogP contribution >= 0.6 is 0 Å². The Kier molecular flexibility index (Phi) is 8.57. The molecule has 2 bridgehead atoms. The molecule has 3 rings (SSSR count). The Morgan fingerprint density at radius 2 is 2.10 bits per heavy atom. The molecule has 2 aromatic rings. The molecule has 2 heterocycles. The number of likely N-dealkylation sites (N-methyl/N-ethyl adjacent to an activating group) is 1. The van der Waals surface area contributed by atoms with Gasteiger partial charge in [-0.3, -0.25) is 14.4 Å². The summed E-state index contributed by atoms with van der Waals surface area (Å²) in [6.07, 6.45) is 2.91. The van der Waals surface area contributed by atoms with Crippen LogP contribution in [0, 0.1) is 5.92 Å². The summed E-state index contributed by atoms with van der Waals surface area (Å²) >= 11 is 0. The Bertz CT molecular complexity index is 813. The number of aliphatic hydroxyl groups excluding tert-OH is 1. The topological polar surface area (TPSA) is 83.7 Å². The van der Waals surface area contributed by atoms with Gasteiger partial charge in [-0.15, -0.1) is 5.10 Å². The smallest absolute Gasteiger partial charge is 0.222 e. The highest BCUT2D eigenvalue weighted by atomic mass is 16.5. The number of ether oxygens (including phenoxy) is 1. The van der Waals surface area contributed by atoms with E-state index in [2.05, 4.69) is 41.3 Å². The third-order valence-electron chi connectivity index (χ3n) is 5.83. The van der Waals surface area contributed by atoms with Crippen molar-refractivity contribution in [2.75, 3.05) is 26.7 Å². The fourth-order valence-corrected chi connectivity index (χ4v) is 3.96. The zero-order valence-electron chi connectivity index (χ0n) is 18.9. The molecule has 0 spiro atoms. The number of aromatic nitrogens is 3. The van der Waals surface area contributed by atoms with Crippen LogP contribution in [0.3, 0.4) is 0 Å². The minimum absolute atomic E-state index is 0.0517. The second kappa shape index (κ2) is 11.4. The van der Waals surface area contributed by atoms with Gasteiger partial charge in [0, 0.05) is 38.5 Å². The van der Waals surface area contributed by atoms with E-state index < -0.39 is 0 Å². The van der Waals surface area contributed by atoms with Gasteiger partial charge < -0.3 is 14.7 Å². The maximum Gasteiger partial charge on any atom is 0.222 e. The van der Waals surface area contributed by atoms with Crippen molar-refractivity contribution >= 4 is 5.91 Å². The van der Waals surface area contributed by atoms with Gasteiger partial charge in [0.1, 0.15) is 5.69 Å². The van der Waals surface area contributed by atoms with Crippen molar-refractivity contribution in [3.05, 3.63) is 47.8 Å². The third kappa shape index (κ3) is 6.85. The molecule has 1 aliphatic rings. The van der Waals surface area contributed by atoms with Crippen molar-refractivity contribution in [3.8, 4) is 0 Å². The zero-order chi connectivity index (χ0) is 22.2. The minimum atomic E-state index is -0.222. The molecular formula is C23H35N5O3. The first kappa shape index (κ1) is 23.4. The molecule has 1 amide bonds. The van der Waals surface area contributed by atoms with Crippen LogP contribution in [0.2, 0.25) is 0 Å². The van der Waals surface area contributed by atoms with E-state index in [1.165, 1.54) is 5.56 Å². The quantitative estimate of drug-likeness (QED) is 0.756. The molecule has 1 aliphatic heterocycles. The fourth-order valence-electron chi connectivity index (χ4n) is 3.96. The number of benzene rings is 1. The van der Waals surface area contributed by atoms with Gasteiger partial charge >= 0.3 is 0 Å². The molecule has 0 aliphatic carbocycles. The standard InChI is InChI=1S/C23H35N5O3/c1-18-12-28(19(2)16-29)23(30)10-7-11-27-14-21(24-25-27)17-31-22(18)15-26(3)13-20-8-5-4-6-9-20/h4-6,8-9,14,18-19,22,29H,7,10-13,15-17H2,1-3H3/t18-,19-,22-/m0/s1. The second-order valence-corrected chi connectivity index (χ2v) is 8.66. The van der Waals surface area contributed by atoms with Crippen LogP contribution in [0.15, 0.2) is 36.5 Å². The largest absolute Gasteiger partial charge is 0.394 e. The Morgan fingerprint density at radius 3 is 2.84 bits per heavy atom. The van der Waals surface area contributed by atoms with E-state index in [0.717, 1.165) is 18.8 Å². The molecule has 0 saturated carbocycles. The minimum Gasteiger partial charge on any atom is -0.394 e. The highest BCUT2D eigenvalue weighted by Gasteiger charge is 2.27. The van der Waals surface area contributed by atoms with Crippen molar-refractivity contribution in [2.45, 2.75) is 58.5 Å². The summed E-state index contributed by atoms with van der Waals surface area (Å²) < 4.78 is 8.08. The average Bonchev–Trinajstić information content (AvgIpc) is 3.22. The summed E-state index contributed by atoms with van der Waals surface area (Å²) in [6.45, 7) is 7.07. The lowest BCUT2D eigenvalue weighted by molar-refractivity contribution is -0.136. The van der Waals surface area contributed by atoms with E-state index in [1.807, 2.05) is 36.2 Å². The van der Waals surface area contributed by atoms with E-state index in [4.69, 9.17) is 4.74 Å². The molecular weight excluding hydrogens is 394 g/mol. The van der Waals surface area contributed by atoms with Crippen LogP contribution in [0.4, 0.5) is 0 Å². The van der Waals surface area contributed by atoms with E-state index in [1.54, 1.807) is 4.68 Å². The Hall–Kier alpha value is -2.29. The van der Waals surface area contributed by atoms with Crippen LogP contribution in [-0.4, -0.2) is 74.7 Å². The first-order valence-corrected chi connectivity index (χ1v) is 11.1. The van der Waals surface area contributed by atoms with Crippen molar-refractivity contribution in [3.63, 3.8) is 0 Å². The number of fused-ring (bicyclic) bond motifs is 2. The van der Waals surface area contributed by atoms with Crippen LogP contribution in [0.25, 0.3) is 0 Å². The highest BCUT2D eigenvalue weighted by molar-refractivity contribution is 5.76. The predicted octanol–water partition coefficient (Wildman–Crippen LogP) is 1.93. The van der Waals surface area contributed by atoms with Crippen molar-refractivity contribution in [2.24, 2.45) is 5.92 Å². The molecule has 8 heteroatoms. The summed E-state index contributed by atoms with van der Waals surface area (Å²) in [6, 6.07) is 10.1. The summed E-state index contributed by atoms with van der Waals surface area (Å²) in [5, 5.41) is 18.1. The Morgan fingerprint density at radius 1 is 1.32 bits per heavy atom. The van der Waals surface area contributed by atoms with E-state index >= 15 is 0 Å². The summed E-state index contributed by atoms with van der Waals surface area (Å²) in [7, 11) is 2.08. The van der Waals surface area contributed by atoms with Gasteiger partial charge in [0.25, 0.3) is 0 Å². The number of carbonyl (C=O) groups is 1. The van der Waals surface area contributed by atoms with Gasteiger partial charge in [0.05, 0.1) is 31.6 Å². The molecule has 1 aromatic carbocycles. The number of amides is 1. The SMILES string of the molecule is C[C@H]1CN([C@@H](C)CO)C(=O)CCCn2cc(nn2)CO[C@H]1CN(C)Cc1ccccc1. The van der Waals surface area contributed by atoms with Crippen LogP contribution in [-0.2, 0) is 29.2 Å². The monoisotopic (exact) mass is 429 g/mol. The molecule has 8 nitrogen and oxygen atoms in total. The Labute approximate surface area is 184 Å². The van der Waals surface area contributed by atoms with Gasteiger partial charge in [-0.2, -0.15) is 0 Å². The van der Waals surface area contributed by atoms with Crippen molar-refractivity contribution < 1.29 is 14.6 Å². The van der Waals surface area contributed by atoms with Crippen molar-refractivity contribution in [1.29, 1.82) is 0 Å². The first-order chi connectivity index (χ1) is 15.0. The zero-order valence-corrected chi connectivity index (χ0v) is 18.9. The molecule has 0 saturated heterocycles. The number of rotatable bonds is 6. The van der Waals surface area contributed by atoms with Gasteiger partial charge in [-0.1, -0.05) is 42.5 Å². The summed E-state index contributed by atoms with van der Waals surface area (Å²) in [5.41, 5.74) is 2.05. The fraction of sp³-hybridized carbons (Fsp3) is 0.609. The lowest BCUT2D eigenvalue weighted by atomic mass is 10.0. The van der Waals surface area contributed by atoms with Crippen LogP contribution in [0.5, 0.6) is 0 Å². The van der Waals surface area contributed by atoms with Gasteiger partial charge in [-0.25, -0.2) is 0 Å². The van der Waals surface area contributed by atoms with Gasteiger partial charge in [-0.05, 0) is 26.0 Å². The first-order valence-electron chi connectivity index (χ1n) is 11.1. The lowest BCUT2D eigenvalue weighted by Gasteiger charge is -2.35. The number of hydrogen-bond donors (Lipinski definition) is 1. The maximum absolute atomic E-state index is 12.9. The number of carbonyl (C=O) groups excluding carboxylic acids is 1. The van der Waals surface area contributed by atoms with Gasteiger partial charge in [0.15, 0.2) is 0 Å². The van der Waals surface area contributed by atoms with E-state index in [-0.39, 0.29) is 30.6 Å². The van der Waals surface area contributed by atoms with Crippen LogP contribution < -0.4 is 0 Å². The maximum atomic E-state index is 12.9. The molecule has 0 fully saturated rings. The molecule has 170 valence electrons. The van der Waals surface area contributed by atoms with Crippen LogP contribution in [0.1, 0.15) is 37.9 Å². The highest BCUT2D eigenvalue weighted by Crippen LogP contribution is 2.18. The number of hydrogen-bond acceptors (Lipinski definition) is 6. The van der Waals surface area contributed by atoms with Gasteiger partial charge in [0.2, 0.25) is 5.91 Å². The predicted molar refractivity (Wildman–Crippen MR) is 118 cm³/mol. The number of nitrogens with zero attached hydrogens (tertiary/aromatic N) is 5. The number of aliphatic hydroxyl groups is 1. The summed E-state index contributed by atoms with van der Waals surface area (Å²) in [5.74, 6) is 0.149. The normalized spacial score (nSPS) is 22.0. The van der Waals surface area contributed by atoms with E-state index in [0.29, 0.717) is 32.5 Å². The van der Waals surface area contributed by atoms with Crippen molar-refractivity contribution in [1.82, 2.24) is 24.8 Å². The molecule has 31 heavy (non-hydrogen) atoms. The Balaban J connectivity index is 1.76. The molecule has 0 radical (unpaired) electrons. The molecule has 1 N–H and O–H groups in total. The molecule has 1 aromatic heterocycles. The third-order valence-corrected chi connectivity index (χ3v) is 5.83. The number of aryl methyl sites for hydroxylation is 1. The second-order valence-electron chi connectivity index (χ2n) is 8.66. The molecule has 0 unspecified atom stereocenters. The lowest BCUT2D eigenvalue weighted by Crippen LogP contribution is -2.47. The average molecular weight is 430 g/mol.